The molecule has 2 fully saturated rings. The van der Waals surface area contributed by atoms with Crippen molar-refractivity contribution < 1.29 is 9.53 Å². The van der Waals surface area contributed by atoms with Gasteiger partial charge in [-0.1, -0.05) is 24.6 Å². The summed E-state index contributed by atoms with van der Waals surface area (Å²) in [4.78, 5) is 12.2. The maximum absolute atomic E-state index is 12.2. The van der Waals surface area contributed by atoms with Crippen LogP contribution in [0.25, 0.3) is 6.08 Å². The first kappa shape index (κ1) is 15.1. The van der Waals surface area contributed by atoms with E-state index in [9.17, 15) is 4.79 Å². The van der Waals surface area contributed by atoms with Crippen LogP contribution in [0.2, 0.25) is 0 Å². The van der Waals surface area contributed by atoms with Crippen molar-refractivity contribution in [2.75, 3.05) is 7.11 Å². The van der Waals surface area contributed by atoms with Crippen molar-refractivity contribution in [3.63, 3.8) is 0 Å². The molecule has 4 atom stereocenters. The smallest absolute Gasteiger partial charge is 0.244 e. The Morgan fingerprint density at radius 1 is 1.32 bits per heavy atom. The third-order valence-corrected chi connectivity index (χ3v) is 5.36. The molecule has 1 amide bonds. The first-order valence-electron chi connectivity index (χ1n) is 8.29. The quantitative estimate of drug-likeness (QED) is 0.843. The fraction of sp³-hybridized carbons (Fsp3) is 0.526. The highest BCUT2D eigenvalue weighted by molar-refractivity contribution is 5.92. The molecule has 3 nitrogen and oxygen atoms in total. The lowest BCUT2D eigenvalue weighted by Crippen LogP contribution is -2.39. The molecule has 3 heteroatoms. The van der Waals surface area contributed by atoms with Crippen molar-refractivity contribution in [2.45, 2.75) is 38.6 Å². The molecule has 118 valence electrons. The van der Waals surface area contributed by atoms with Gasteiger partial charge < -0.3 is 10.1 Å². The van der Waals surface area contributed by atoms with E-state index in [1.165, 1.54) is 25.7 Å². The third kappa shape index (κ3) is 3.18. The van der Waals surface area contributed by atoms with E-state index in [0.29, 0.717) is 5.92 Å². The number of hydrogen-bond donors (Lipinski definition) is 1. The highest BCUT2D eigenvalue weighted by Gasteiger charge is 2.41. The van der Waals surface area contributed by atoms with Crippen LogP contribution in [0, 0.1) is 17.8 Å². The summed E-state index contributed by atoms with van der Waals surface area (Å²) in [6, 6.07) is 7.98. The monoisotopic (exact) mass is 299 g/mol. The molecule has 1 aromatic carbocycles. The van der Waals surface area contributed by atoms with Crippen molar-refractivity contribution in [3.8, 4) is 5.75 Å². The van der Waals surface area contributed by atoms with Crippen LogP contribution in [0.4, 0.5) is 0 Å². The van der Waals surface area contributed by atoms with E-state index in [1.54, 1.807) is 13.2 Å². The molecule has 0 heterocycles. The van der Waals surface area contributed by atoms with E-state index < -0.39 is 0 Å². The van der Waals surface area contributed by atoms with Crippen molar-refractivity contribution in [1.29, 1.82) is 0 Å². The Morgan fingerprint density at radius 3 is 2.82 bits per heavy atom. The predicted octanol–water partition coefficient (Wildman–Crippen LogP) is 3.65. The number of benzene rings is 1. The van der Waals surface area contributed by atoms with Gasteiger partial charge in [0.15, 0.2) is 0 Å². The zero-order valence-electron chi connectivity index (χ0n) is 13.4. The van der Waals surface area contributed by atoms with Crippen LogP contribution in [0.3, 0.4) is 0 Å². The van der Waals surface area contributed by atoms with Gasteiger partial charge in [0.25, 0.3) is 0 Å². The first-order valence-corrected chi connectivity index (χ1v) is 8.29. The number of rotatable bonds is 5. The van der Waals surface area contributed by atoms with Gasteiger partial charge in [-0.2, -0.15) is 0 Å². The number of hydrogen-bond acceptors (Lipinski definition) is 2. The average molecular weight is 299 g/mol. The Balaban J connectivity index is 1.57. The van der Waals surface area contributed by atoms with Crippen LogP contribution in [0.15, 0.2) is 30.3 Å². The summed E-state index contributed by atoms with van der Waals surface area (Å²) < 4.78 is 5.29. The summed E-state index contributed by atoms with van der Waals surface area (Å²) in [5.74, 6) is 3.19. The molecule has 2 aliphatic carbocycles. The molecule has 1 aromatic rings. The number of carbonyl (C=O) groups excluding carboxylic acids is 1. The molecule has 22 heavy (non-hydrogen) atoms. The van der Waals surface area contributed by atoms with Crippen molar-refractivity contribution in [2.24, 2.45) is 17.8 Å². The van der Waals surface area contributed by atoms with Crippen LogP contribution < -0.4 is 10.1 Å². The standard InChI is InChI=1S/C19H25NO2/c1-13(17-12-14-7-8-16(17)11-14)20-19(21)10-9-15-5-3-4-6-18(15)22-2/h3-6,9-10,13-14,16-17H,7-8,11-12H2,1-2H3,(H,20,21)/b10-9+. The van der Waals surface area contributed by atoms with Crippen molar-refractivity contribution in [3.05, 3.63) is 35.9 Å². The normalized spacial score (nSPS) is 28.0. The van der Waals surface area contributed by atoms with E-state index in [1.807, 2.05) is 30.3 Å². The molecule has 0 saturated heterocycles. The van der Waals surface area contributed by atoms with Gasteiger partial charge in [-0.05, 0) is 56.1 Å². The van der Waals surface area contributed by atoms with Gasteiger partial charge >= 0.3 is 0 Å². The topological polar surface area (TPSA) is 38.3 Å². The highest BCUT2D eigenvalue weighted by atomic mass is 16.5. The number of para-hydroxylation sites is 1. The lowest BCUT2D eigenvalue weighted by molar-refractivity contribution is -0.117. The summed E-state index contributed by atoms with van der Waals surface area (Å²) in [7, 11) is 1.64. The van der Waals surface area contributed by atoms with Crippen LogP contribution in [0.5, 0.6) is 5.75 Å². The van der Waals surface area contributed by atoms with E-state index in [2.05, 4.69) is 12.2 Å². The minimum atomic E-state index is -0.0128. The highest BCUT2D eigenvalue weighted by Crippen LogP contribution is 2.49. The molecular weight excluding hydrogens is 274 g/mol. The first-order chi connectivity index (χ1) is 10.7. The third-order valence-electron chi connectivity index (χ3n) is 5.36. The number of amides is 1. The lowest BCUT2D eigenvalue weighted by atomic mass is 9.84. The average Bonchev–Trinajstić information content (AvgIpc) is 3.16. The molecule has 2 bridgehead atoms. The predicted molar refractivity (Wildman–Crippen MR) is 88.6 cm³/mol. The molecular formula is C19H25NO2. The Labute approximate surface area is 132 Å². The second kappa shape index (κ2) is 6.55. The van der Waals surface area contributed by atoms with E-state index in [4.69, 9.17) is 4.74 Å². The molecule has 0 aromatic heterocycles. The molecule has 3 rings (SSSR count). The summed E-state index contributed by atoms with van der Waals surface area (Å²) in [6.45, 7) is 2.15. The zero-order chi connectivity index (χ0) is 15.5. The number of nitrogens with one attached hydrogen (secondary N) is 1. The van der Waals surface area contributed by atoms with Gasteiger partial charge in [0.2, 0.25) is 5.91 Å². The van der Waals surface area contributed by atoms with Crippen LogP contribution in [0.1, 0.15) is 38.2 Å². The summed E-state index contributed by atoms with van der Waals surface area (Å²) >= 11 is 0. The second-order valence-corrected chi connectivity index (χ2v) is 6.71. The van der Waals surface area contributed by atoms with Crippen LogP contribution in [-0.2, 0) is 4.79 Å². The summed E-state index contributed by atoms with van der Waals surface area (Å²) in [6.07, 6.45) is 8.86. The Hall–Kier alpha value is -1.77. The van der Waals surface area contributed by atoms with Crippen molar-refractivity contribution in [1.82, 2.24) is 5.32 Å². The van der Waals surface area contributed by atoms with E-state index in [0.717, 1.165) is 23.1 Å². The van der Waals surface area contributed by atoms with Gasteiger partial charge in [-0.25, -0.2) is 0 Å². The molecule has 4 unspecified atom stereocenters. The second-order valence-electron chi connectivity index (χ2n) is 6.71. The fourth-order valence-corrected chi connectivity index (χ4v) is 4.26. The van der Waals surface area contributed by atoms with Gasteiger partial charge in [0, 0.05) is 17.7 Å². The van der Waals surface area contributed by atoms with E-state index in [-0.39, 0.29) is 11.9 Å². The number of fused-ring (bicyclic) bond motifs is 2. The minimum absolute atomic E-state index is 0.0128. The van der Waals surface area contributed by atoms with Crippen molar-refractivity contribution >= 4 is 12.0 Å². The van der Waals surface area contributed by atoms with Crippen LogP contribution >= 0.6 is 0 Å². The van der Waals surface area contributed by atoms with Gasteiger partial charge in [0.05, 0.1) is 7.11 Å². The fourth-order valence-electron chi connectivity index (χ4n) is 4.26. The van der Waals surface area contributed by atoms with Gasteiger partial charge in [-0.3, -0.25) is 4.79 Å². The Bertz CT molecular complexity index is 566. The number of ether oxygens (including phenoxy) is 1. The summed E-state index contributed by atoms with van der Waals surface area (Å²) in [5.41, 5.74) is 0.924. The Kier molecular flexibility index (Phi) is 4.51. The lowest BCUT2D eigenvalue weighted by Gasteiger charge is -2.28. The largest absolute Gasteiger partial charge is 0.496 e. The summed E-state index contributed by atoms with van der Waals surface area (Å²) in [5, 5.41) is 3.15. The van der Waals surface area contributed by atoms with Crippen LogP contribution in [-0.4, -0.2) is 19.1 Å². The molecule has 2 aliphatic rings. The maximum Gasteiger partial charge on any atom is 0.244 e. The maximum atomic E-state index is 12.2. The zero-order valence-corrected chi connectivity index (χ0v) is 13.4. The molecule has 2 saturated carbocycles. The molecule has 0 radical (unpaired) electrons. The van der Waals surface area contributed by atoms with Gasteiger partial charge in [-0.15, -0.1) is 0 Å². The molecule has 1 N–H and O–H groups in total. The SMILES string of the molecule is COc1ccccc1/C=C/C(=O)NC(C)C1CC2CCC1C2. The van der Waals surface area contributed by atoms with Gasteiger partial charge in [0.1, 0.15) is 5.75 Å². The van der Waals surface area contributed by atoms with E-state index >= 15 is 0 Å². The Morgan fingerprint density at radius 2 is 2.14 bits per heavy atom. The number of carbonyl (C=O) groups is 1. The molecule has 0 aliphatic heterocycles. The number of methoxy groups -OCH3 is 1. The minimum Gasteiger partial charge on any atom is -0.496 e. The molecule has 0 spiro atoms.